The summed E-state index contributed by atoms with van der Waals surface area (Å²) in [5.74, 6) is -0.500. The van der Waals surface area contributed by atoms with Crippen molar-refractivity contribution in [1.29, 1.82) is 0 Å². The van der Waals surface area contributed by atoms with Gasteiger partial charge in [-0.05, 0) is 58.1 Å². The maximum atomic E-state index is 12.7. The molecule has 4 unspecified atom stereocenters. The molecule has 1 heterocycles. The number of thioether (sulfide) groups is 1. The Hall–Kier alpha value is -4.29. The maximum Gasteiger partial charge on any atom is 0.336 e. The lowest BCUT2D eigenvalue weighted by Crippen LogP contribution is -2.38. The van der Waals surface area contributed by atoms with Crippen molar-refractivity contribution in [3.63, 3.8) is 0 Å². The molecule has 6 rings (SSSR count). The van der Waals surface area contributed by atoms with Crippen molar-refractivity contribution in [3.05, 3.63) is 155 Å². The van der Waals surface area contributed by atoms with Crippen LogP contribution in [0.1, 0.15) is 51.9 Å². The molecule has 5 aromatic carbocycles. The van der Waals surface area contributed by atoms with Crippen molar-refractivity contribution in [2.75, 3.05) is 5.75 Å². The van der Waals surface area contributed by atoms with Crippen molar-refractivity contribution >= 4 is 27.8 Å². The number of carbonyl (C=O) groups is 1. The molecule has 3 N–H and O–H groups in total. The summed E-state index contributed by atoms with van der Waals surface area (Å²) in [5, 5.41) is 19.3. The van der Waals surface area contributed by atoms with E-state index in [1.165, 1.54) is 11.8 Å². The van der Waals surface area contributed by atoms with Gasteiger partial charge in [-0.25, -0.2) is 17.9 Å². The van der Waals surface area contributed by atoms with Crippen molar-refractivity contribution < 1.29 is 32.9 Å². The highest BCUT2D eigenvalue weighted by Crippen LogP contribution is 2.43. The van der Waals surface area contributed by atoms with E-state index in [9.17, 15) is 23.4 Å². The zero-order chi connectivity index (χ0) is 34.4. The van der Waals surface area contributed by atoms with E-state index >= 15 is 0 Å². The van der Waals surface area contributed by atoms with Gasteiger partial charge in [-0.2, -0.15) is 0 Å². The Kier molecular flexibility index (Phi) is 10.9. The molecule has 49 heavy (non-hydrogen) atoms. The molecule has 1 aliphatic rings. The smallest absolute Gasteiger partial charge is 0.336 e. The van der Waals surface area contributed by atoms with Crippen LogP contribution in [0.3, 0.4) is 0 Å². The lowest BCUT2D eigenvalue weighted by molar-refractivity contribution is -0.268. The topological polar surface area (TPSA) is 122 Å². The summed E-state index contributed by atoms with van der Waals surface area (Å²) in [5.41, 5.74) is 5.59. The third kappa shape index (κ3) is 8.30. The van der Waals surface area contributed by atoms with E-state index in [0.717, 1.165) is 33.4 Å². The van der Waals surface area contributed by atoms with Gasteiger partial charge >= 0.3 is 5.97 Å². The number of rotatable bonds is 12. The highest BCUT2D eigenvalue weighted by atomic mass is 32.2. The molecule has 1 fully saturated rings. The second kappa shape index (κ2) is 15.5. The van der Waals surface area contributed by atoms with E-state index in [-0.39, 0.29) is 41.7 Å². The Labute approximate surface area is 290 Å². The third-order valence-corrected chi connectivity index (χ3v) is 11.2. The molecule has 0 saturated carbocycles. The average molecular weight is 696 g/mol. The number of carboxylic acid groups (broad SMARTS) is 1. The quantitative estimate of drug-likeness (QED) is 0.114. The van der Waals surface area contributed by atoms with Gasteiger partial charge < -0.3 is 19.7 Å². The molecule has 4 atom stereocenters. The van der Waals surface area contributed by atoms with Crippen LogP contribution in [0, 0.1) is 5.92 Å². The number of hydrogen-bond donors (Lipinski definition) is 3. The number of benzene rings is 5. The number of nitrogens with one attached hydrogen (secondary N) is 1. The lowest BCUT2D eigenvalue weighted by Gasteiger charge is -2.41. The number of aromatic carboxylic acids is 1. The summed E-state index contributed by atoms with van der Waals surface area (Å²) < 4.78 is 41.3. The maximum absolute atomic E-state index is 12.7. The van der Waals surface area contributed by atoms with Crippen LogP contribution in [0.25, 0.3) is 11.1 Å². The highest BCUT2D eigenvalue weighted by molar-refractivity contribution is 7.99. The molecule has 0 aromatic heterocycles. The first-order valence-electron chi connectivity index (χ1n) is 15.9. The normalized spacial score (nSPS) is 19.4. The monoisotopic (exact) mass is 695 g/mol. The van der Waals surface area contributed by atoms with E-state index in [4.69, 9.17) is 9.47 Å². The summed E-state index contributed by atoms with van der Waals surface area (Å²) >= 11 is 1.45. The molecule has 0 bridgehead atoms. The van der Waals surface area contributed by atoms with E-state index < -0.39 is 22.3 Å². The molecule has 5 aromatic rings. The summed E-state index contributed by atoms with van der Waals surface area (Å²) in [7, 11) is -3.63. The molecule has 0 radical (unpaired) electrons. The van der Waals surface area contributed by atoms with E-state index in [2.05, 4.69) is 11.6 Å². The second-order valence-electron chi connectivity index (χ2n) is 11.9. The van der Waals surface area contributed by atoms with Crippen LogP contribution >= 0.6 is 11.8 Å². The van der Waals surface area contributed by atoms with Crippen molar-refractivity contribution in [2.45, 2.75) is 48.4 Å². The minimum absolute atomic E-state index is 0.0477. The summed E-state index contributed by atoms with van der Waals surface area (Å²) in [4.78, 5) is 12.7. The highest BCUT2D eigenvalue weighted by Gasteiger charge is 2.38. The van der Waals surface area contributed by atoms with Crippen LogP contribution in [0.5, 0.6) is 0 Å². The minimum atomic E-state index is -3.63. The van der Waals surface area contributed by atoms with E-state index in [1.807, 2.05) is 84.9 Å². The summed E-state index contributed by atoms with van der Waals surface area (Å²) in [6.07, 6.45) is -1.24. The SMILES string of the molecule is CC1C(CSc2ccccc2C(=O)O)OC(c2ccc(-c3cccc(CNS(=O)(=O)c4ccccc4)c3)cc2)OC1c1ccc(CO)cc1. The molecule has 0 amide bonds. The fraction of sp³-hybridized carbons (Fsp3) is 0.205. The number of ether oxygens (including phenoxy) is 2. The largest absolute Gasteiger partial charge is 0.478 e. The molecular formula is C39H37NO7S2. The Morgan fingerprint density at radius 3 is 2.18 bits per heavy atom. The van der Waals surface area contributed by atoms with Crippen LogP contribution in [-0.2, 0) is 32.6 Å². The lowest BCUT2D eigenvalue weighted by atomic mass is 9.91. The van der Waals surface area contributed by atoms with Gasteiger partial charge in [-0.15, -0.1) is 11.8 Å². The standard InChI is InChI=1S/C39H37NO7S2/c1-26-35(25-48-36-13-6-5-12-34(36)38(42)43)46-39(47-37(26)30-16-14-27(24-41)15-17-30)31-20-18-29(19-21-31)32-9-7-8-28(22-32)23-40-49(44,45)33-10-3-2-4-11-33/h2-22,26,35,37,39-41H,23-25H2,1H3,(H,42,43). The van der Waals surface area contributed by atoms with Crippen molar-refractivity contribution in [1.82, 2.24) is 4.72 Å². The van der Waals surface area contributed by atoms with Gasteiger partial charge in [-0.1, -0.05) is 104 Å². The van der Waals surface area contributed by atoms with Crippen LogP contribution in [-0.4, -0.2) is 36.5 Å². The average Bonchev–Trinajstić information content (AvgIpc) is 3.14. The number of carboxylic acids is 1. The van der Waals surface area contributed by atoms with E-state index in [1.54, 1.807) is 42.5 Å². The first kappa shape index (κ1) is 34.6. The molecule has 252 valence electrons. The molecule has 10 heteroatoms. The summed E-state index contributed by atoms with van der Waals surface area (Å²) in [6, 6.07) is 38.6. The van der Waals surface area contributed by atoms with Gasteiger partial charge in [0.15, 0.2) is 6.29 Å². The Balaban J connectivity index is 1.20. The van der Waals surface area contributed by atoms with Gasteiger partial charge in [0.1, 0.15) is 0 Å². The van der Waals surface area contributed by atoms with Crippen molar-refractivity contribution in [3.8, 4) is 11.1 Å². The van der Waals surface area contributed by atoms with Gasteiger partial charge in [-0.3, -0.25) is 0 Å². The zero-order valence-corrected chi connectivity index (χ0v) is 28.4. The van der Waals surface area contributed by atoms with Crippen LogP contribution in [0.15, 0.2) is 137 Å². The molecule has 1 aliphatic heterocycles. The predicted octanol–water partition coefficient (Wildman–Crippen LogP) is 7.61. The third-order valence-electron chi connectivity index (χ3n) is 8.61. The van der Waals surface area contributed by atoms with Crippen LogP contribution < -0.4 is 4.72 Å². The van der Waals surface area contributed by atoms with Crippen molar-refractivity contribution in [2.24, 2.45) is 5.92 Å². The Morgan fingerprint density at radius 2 is 1.47 bits per heavy atom. The molecule has 0 aliphatic carbocycles. The van der Waals surface area contributed by atoms with Gasteiger partial charge in [0.2, 0.25) is 10.0 Å². The fourth-order valence-corrected chi connectivity index (χ4v) is 8.06. The van der Waals surface area contributed by atoms with E-state index in [0.29, 0.717) is 10.6 Å². The van der Waals surface area contributed by atoms with Gasteiger partial charge in [0, 0.05) is 28.7 Å². The number of aliphatic hydroxyl groups is 1. The minimum Gasteiger partial charge on any atom is -0.478 e. The molecule has 0 spiro atoms. The zero-order valence-electron chi connectivity index (χ0n) is 26.8. The fourth-order valence-electron chi connectivity index (χ4n) is 5.81. The Morgan fingerprint density at radius 1 is 0.776 bits per heavy atom. The Bertz CT molecular complexity index is 1980. The first-order valence-corrected chi connectivity index (χ1v) is 18.4. The van der Waals surface area contributed by atoms with Crippen LogP contribution in [0.4, 0.5) is 0 Å². The summed E-state index contributed by atoms with van der Waals surface area (Å²) in [6.45, 7) is 2.18. The first-order chi connectivity index (χ1) is 23.7. The molecule has 1 saturated heterocycles. The predicted molar refractivity (Wildman–Crippen MR) is 189 cm³/mol. The number of aliphatic hydroxyl groups excluding tert-OH is 1. The number of sulfonamides is 1. The number of hydrogen-bond acceptors (Lipinski definition) is 7. The molecular weight excluding hydrogens is 659 g/mol. The van der Waals surface area contributed by atoms with Gasteiger partial charge in [0.05, 0.1) is 29.3 Å². The van der Waals surface area contributed by atoms with Gasteiger partial charge in [0.25, 0.3) is 0 Å². The van der Waals surface area contributed by atoms with Crippen LogP contribution in [0.2, 0.25) is 0 Å². The second-order valence-corrected chi connectivity index (χ2v) is 14.7. The molecule has 8 nitrogen and oxygen atoms in total.